The molecule has 2 aromatic heterocycles. The van der Waals surface area contributed by atoms with Gasteiger partial charge < -0.3 is 4.52 Å². The van der Waals surface area contributed by atoms with Gasteiger partial charge in [-0.05, 0) is 26.8 Å². The molecular formula is C12H18N4O3S. The second-order valence-electron chi connectivity index (χ2n) is 4.58. The Labute approximate surface area is 118 Å². The van der Waals surface area contributed by atoms with Crippen LogP contribution in [0.15, 0.2) is 21.7 Å². The molecule has 0 radical (unpaired) electrons. The Bertz CT molecular complexity index is 683. The van der Waals surface area contributed by atoms with E-state index in [0.29, 0.717) is 17.1 Å². The Morgan fingerprint density at radius 1 is 1.40 bits per heavy atom. The van der Waals surface area contributed by atoms with Gasteiger partial charge in [-0.15, -0.1) is 0 Å². The van der Waals surface area contributed by atoms with E-state index in [1.807, 2.05) is 19.2 Å². The minimum atomic E-state index is -3.62. The lowest BCUT2D eigenvalue weighted by molar-refractivity contribution is 0.389. The summed E-state index contributed by atoms with van der Waals surface area (Å²) in [5.74, 6) is 0.299. The molecule has 0 atom stereocenters. The van der Waals surface area contributed by atoms with E-state index in [1.54, 1.807) is 18.5 Å². The number of nitrogens with zero attached hydrogens (tertiary/aromatic N) is 4. The van der Waals surface area contributed by atoms with Crippen LogP contribution >= 0.6 is 0 Å². The smallest absolute Gasteiger partial charge is 0.248 e. The topological polar surface area (TPSA) is 81.2 Å². The zero-order valence-electron chi connectivity index (χ0n) is 12.0. The zero-order chi connectivity index (χ0) is 14.9. The Hall–Kier alpha value is -1.67. The van der Waals surface area contributed by atoms with E-state index in [2.05, 4.69) is 10.3 Å². The maximum Gasteiger partial charge on any atom is 0.248 e. The van der Waals surface area contributed by atoms with E-state index >= 15 is 0 Å². The molecular weight excluding hydrogens is 280 g/mol. The number of aromatic nitrogens is 3. The van der Waals surface area contributed by atoms with Crippen LogP contribution in [0.2, 0.25) is 0 Å². The molecule has 0 saturated heterocycles. The summed E-state index contributed by atoms with van der Waals surface area (Å²) < 4.78 is 32.9. The summed E-state index contributed by atoms with van der Waals surface area (Å²) in [6, 6.07) is 1.81. The van der Waals surface area contributed by atoms with Gasteiger partial charge in [0.05, 0.1) is 12.2 Å². The molecule has 0 aromatic carbocycles. The van der Waals surface area contributed by atoms with Gasteiger partial charge in [-0.25, -0.2) is 8.42 Å². The number of rotatable bonds is 5. The third-order valence-corrected chi connectivity index (χ3v) is 5.09. The average Bonchev–Trinajstić information content (AvgIpc) is 2.96. The summed E-state index contributed by atoms with van der Waals surface area (Å²) in [7, 11) is -2.10. The molecule has 0 saturated carbocycles. The first-order valence-corrected chi connectivity index (χ1v) is 7.71. The van der Waals surface area contributed by atoms with E-state index in [-0.39, 0.29) is 11.4 Å². The second kappa shape index (κ2) is 5.37. The third kappa shape index (κ3) is 2.61. The van der Waals surface area contributed by atoms with Gasteiger partial charge in [0.15, 0.2) is 5.76 Å². The highest BCUT2D eigenvalue weighted by atomic mass is 32.2. The highest BCUT2D eigenvalue weighted by molar-refractivity contribution is 7.89. The van der Waals surface area contributed by atoms with Gasteiger partial charge in [0.2, 0.25) is 10.0 Å². The van der Waals surface area contributed by atoms with Crippen LogP contribution in [0.3, 0.4) is 0 Å². The lowest BCUT2D eigenvalue weighted by atomic mass is 10.4. The zero-order valence-corrected chi connectivity index (χ0v) is 12.8. The Kier molecular flexibility index (Phi) is 3.96. The first-order chi connectivity index (χ1) is 9.36. The summed E-state index contributed by atoms with van der Waals surface area (Å²) in [6.07, 6.45) is 1.83. The van der Waals surface area contributed by atoms with Crippen molar-refractivity contribution in [1.29, 1.82) is 0 Å². The largest absolute Gasteiger partial charge is 0.360 e. The Morgan fingerprint density at radius 2 is 2.10 bits per heavy atom. The molecule has 20 heavy (non-hydrogen) atoms. The summed E-state index contributed by atoms with van der Waals surface area (Å²) in [5.41, 5.74) is 1.07. The van der Waals surface area contributed by atoms with E-state index in [0.717, 1.165) is 6.54 Å². The van der Waals surface area contributed by atoms with Crippen molar-refractivity contribution in [1.82, 2.24) is 19.2 Å². The second-order valence-corrected chi connectivity index (χ2v) is 6.56. The summed E-state index contributed by atoms with van der Waals surface area (Å²) in [6.45, 7) is 6.14. The van der Waals surface area contributed by atoms with Gasteiger partial charge in [-0.3, -0.25) is 4.68 Å². The molecule has 2 rings (SSSR count). The van der Waals surface area contributed by atoms with Crippen molar-refractivity contribution >= 4 is 10.0 Å². The van der Waals surface area contributed by atoms with Crippen LogP contribution in [0, 0.1) is 13.8 Å². The van der Waals surface area contributed by atoms with Gasteiger partial charge in [0.1, 0.15) is 10.6 Å². The fourth-order valence-corrected chi connectivity index (χ4v) is 3.40. The van der Waals surface area contributed by atoms with Crippen LogP contribution < -0.4 is 0 Å². The molecule has 8 heteroatoms. The molecule has 0 unspecified atom stereocenters. The maximum absolute atomic E-state index is 12.5. The minimum absolute atomic E-state index is 0.134. The van der Waals surface area contributed by atoms with Gasteiger partial charge in [0, 0.05) is 19.8 Å². The molecule has 7 nitrogen and oxygen atoms in total. The molecule has 0 amide bonds. The maximum atomic E-state index is 12.5. The van der Waals surface area contributed by atoms with Crippen molar-refractivity contribution < 1.29 is 12.9 Å². The van der Waals surface area contributed by atoms with Crippen molar-refractivity contribution in [3.05, 3.63) is 29.4 Å². The van der Waals surface area contributed by atoms with Crippen LogP contribution in [0.4, 0.5) is 0 Å². The van der Waals surface area contributed by atoms with Crippen molar-refractivity contribution in [2.24, 2.45) is 0 Å². The monoisotopic (exact) mass is 298 g/mol. The van der Waals surface area contributed by atoms with Gasteiger partial charge in [-0.1, -0.05) is 5.16 Å². The standard InChI is InChI=1S/C12H18N4O3S/c1-5-16-7-6-11(13-16)8-15(4)20(17,18)12-9(2)14-19-10(12)3/h6-7H,5,8H2,1-4H3. The van der Waals surface area contributed by atoms with E-state index < -0.39 is 10.0 Å². The van der Waals surface area contributed by atoms with Crippen LogP contribution in [0.1, 0.15) is 24.1 Å². The fraction of sp³-hybridized carbons (Fsp3) is 0.500. The lowest BCUT2D eigenvalue weighted by Gasteiger charge is -2.15. The number of hydrogen-bond acceptors (Lipinski definition) is 5. The third-order valence-electron chi connectivity index (χ3n) is 3.04. The molecule has 110 valence electrons. The Morgan fingerprint density at radius 3 is 2.60 bits per heavy atom. The predicted molar refractivity (Wildman–Crippen MR) is 72.5 cm³/mol. The van der Waals surface area contributed by atoms with Crippen molar-refractivity contribution in [3.8, 4) is 0 Å². The average molecular weight is 298 g/mol. The first-order valence-electron chi connectivity index (χ1n) is 6.27. The molecule has 2 heterocycles. The SMILES string of the molecule is CCn1ccc(CN(C)S(=O)(=O)c2c(C)noc2C)n1. The van der Waals surface area contributed by atoms with E-state index in [9.17, 15) is 8.42 Å². The van der Waals surface area contributed by atoms with Gasteiger partial charge in [0.25, 0.3) is 0 Å². The van der Waals surface area contributed by atoms with Crippen LogP contribution in [-0.4, -0.2) is 34.7 Å². The van der Waals surface area contributed by atoms with Crippen LogP contribution in [0.25, 0.3) is 0 Å². The molecule has 0 aliphatic carbocycles. The molecule has 0 fully saturated rings. The quantitative estimate of drug-likeness (QED) is 0.831. The molecule has 2 aromatic rings. The molecule has 0 aliphatic rings. The van der Waals surface area contributed by atoms with Crippen molar-refractivity contribution in [2.45, 2.75) is 38.8 Å². The van der Waals surface area contributed by atoms with Crippen LogP contribution in [0.5, 0.6) is 0 Å². The van der Waals surface area contributed by atoms with Crippen molar-refractivity contribution in [3.63, 3.8) is 0 Å². The molecule has 0 spiro atoms. The number of aryl methyl sites for hydroxylation is 3. The summed E-state index contributed by atoms with van der Waals surface area (Å²) >= 11 is 0. The van der Waals surface area contributed by atoms with Crippen LogP contribution in [-0.2, 0) is 23.1 Å². The highest BCUT2D eigenvalue weighted by Gasteiger charge is 2.28. The number of hydrogen-bond donors (Lipinski definition) is 0. The van der Waals surface area contributed by atoms with Crippen molar-refractivity contribution in [2.75, 3.05) is 7.05 Å². The summed E-state index contributed by atoms with van der Waals surface area (Å²) in [4.78, 5) is 0.134. The van der Waals surface area contributed by atoms with Gasteiger partial charge in [-0.2, -0.15) is 9.40 Å². The molecule has 0 aliphatic heterocycles. The van der Waals surface area contributed by atoms with Gasteiger partial charge >= 0.3 is 0 Å². The Balaban J connectivity index is 2.26. The molecule has 0 bridgehead atoms. The highest BCUT2D eigenvalue weighted by Crippen LogP contribution is 2.23. The predicted octanol–water partition coefficient (Wildman–Crippen LogP) is 1.33. The summed E-state index contributed by atoms with van der Waals surface area (Å²) in [5, 5.41) is 7.97. The molecule has 0 N–H and O–H groups in total. The fourth-order valence-electron chi connectivity index (χ4n) is 1.98. The lowest BCUT2D eigenvalue weighted by Crippen LogP contribution is -2.27. The first kappa shape index (κ1) is 14.7. The van der Waals surface area contributed by atoms with E-state index in [4.69, 9.17) is 4.52 Å². The normalized spacial score (nSPS) is 12.2. The minimum Gasteiger partial charge on any atom is -0.360 e. The van der Waals surface area contributed by atoms with E-state index in [1.165, 1.54) is 11.4 Å². The number of sulfonamides is 1.